The second-order valence-corrected chi connectivity index (χ2v) is 11.0. The molecule has 0 saturated carbocycles. The molecule has 0 amide bonds. The van der Waals surface area contributed by atoms with Gasteiger partial charge in [0.25, 0.3) is 0 Å². The Bertz CT molecular complexity index is 2560. The molecule has 0 N–H and O–H groups in total. The Kier molecular flexibility index (Phi) is 4.90. The molecule has 9 rings (SSSR count). The van der Waals surface area contributed by atoms with Gasteiger partial charge in [0.15, 0.2) is 5.65 Å². The van der Waals surface area contributed by atoms with E-state index < -0.39 is 0 Å². The van der Waals surface area contributed by atoms with Crippen molar-refractivity contribution >= 4 is 54.9 Å². The van der Waals surface area contributed by atoms with E-state index in [1.165, 1.54) is 27.6 Å². The van der Waals surface area contributed by atoms with Gasteiger partial charge in [-0.15, -0.1) is 0 Å². The van der Waals surface area contributed by atoms with E-state index in [0.29, 0.717) is 0 Å². The maximum absolute atomic E-state index is 6.51. The number of hydrogen-bond acceptors (Lipinski definition) is 5. The number of hydrogen-bond donors (Lipinski definition) is 0. The normalized spacial score (nSPS) is 12.0. The van der Waals surface area contributed by atoms with E-state index in [9.17, 15) is 0 Å². The second-order valence-electron chi connectivity index (χ2n) is 11.0. The van der Waals surface area contributed by atoms with E-state index in [1.54, 1.807) is 18.6 Å². The molecule has 0 radical (unpaired) electrons. The maximum Gasteiger partial charge on any atom is 0.165 e. The number of rotatable bonds is 3. The van der Waals surface area contributed by atoms with Crippen molar-refractivity contribution in [3.63, 3.8) is 0 Å². The lowest BCUT2D eigenvalue weighted by Gasteiger charge is -2.17. The van der Waals surface area contributed by atoms with E-state index >= 15 is 0 Å². The molecule has 0 aliphatic heterocycles. The highest BCUT2D eigenvalue weighted by molar-refractivity contribution is 6.17. The van der Waals surface area contributed by atoms with Crippen molar-refractivity contribution in [1.82, 2.24) is 28.7 Å². The molecule has 43 heavy (non-hydrogen) atoms. The van der Waals surface area contributed by atoms with Gasteiger partial charge >= 0.3 is 0 Å². The minimum absolute atomic E-state index is 0.719. The van der Waals surface area contributed by atoms with Crippen LogP contribution in [0.5, 0.6) is 11.5 Å². The summed E-state index contributed by atoms with van der Waals surface area (Å²) < 4.78 is 10.7. The average Bonchev–Trinajstić information content (AvgIpc) is 3.73. The molecule has 0 aliphatic carbocycles. The Morgan fingerprint density at radius 1 is 0.558 bits per heavy atom. The number of aryl methyl sites for hydroxylation is 2. The summed E-state index contributed by atoms with van der Waals surface area (Å²) in [5, 5.41) is 5.31. The topological polar surface area (TPSA) is 69.6 Å². The molecule has 7 nitrogen and oxygen atoms in total. The molecule has 4 aromatic carbocycles. The van der Waals surface area contributed by atoms with Gasteiger partial charge in [0.1, 0.15) is 28.3 Å². The van der Waals surface area contributed by atoms with Crippen molar-refractivity contribution in [3.8, 4) is 22.6 Å². The number of imidazole rings is 2. The number of fused-ring (bicyclic) bond motifs is 12. The van der Waals surface area contributed by atoms with Gasteiger partial charge in [0.05, 0.1) is 5.52 Å². The van der Waals surface area contributed by atoms with Crippen LogP contribution in [0.1, 0.15) is 11.1 Å². The molecular formula is C36H24N6O. The third-order valence-electron chi connectivity index (χ3n) is 8.47. The van der Waals surface area contributed by atoms with Crippen molar-refractivity contribution < 1.29 is 4.74 Å². The Balaban J connectivity index is 1.24. The van der Waals surface area contributed by atoms with Crippen LogP contribution in [0.25, 0.3) is 66.0 Å². The van der Waals surface area contributed by atoms with Crippen LogP contribution in [0.4, 0.5) is 0 Å². The van der Waals surface area contributed by atoms with Gasteiger partial charge in [0, 0.05) is 58.7 Å². The van der Waals surface area contributed by atoms with Crippen molar-refractivity contribution in [1.29, 1.82) is 0 Å². The Morgan fingerprint density at radius 3 is 1.98 bits per heavy atom. The first kappa shape index (κ1) is 23.8. The van der Waals surface area contributed by atoms with Gasteiger partial charge in [-0.25, -0.2) is 15.0 Å². The molecule has 0 bridgehead atoms. The van der Waals surface area contributed by atoms with E-state index in [1.807, 2.05) is 47.3 Å². The third kappa shape index (κ3) is 3.42. The van der Waals surface area contributed by atoms with E-state index in [4.69, 9.17) is 9.72 Å². The average molecular weight is 557 g/mol. The lowest BCUT2D eigenvalue weighted by atomic mass is 9.91. The summed E-state index contributed by atoms with van der Waals surface area (Å²) in [7, 11) is 0. The van der Waals surface area contributed by atoms with Crippen molar-refractivity contribution in [2.45, 2.75) is 13.8 Å². The van der Waals surface area contributed by atoms with Crippen LogP contribution in [-0.4, -0.2) is 28.7 Å². The smallest absolute Gasteiger partial charge is 0.165 e. The standard InChI is InChI=1S/C36H24N6O/c1-21-5-3-6-22(2)31(21)27-7-4-8-30-32(27)25-11-9-23(19-28(25)34-39-15-17-41(30)34)43-24-10-12-26-29(20-24)35-40-16-18-42(35)36-33(26)37-13-14-38-36/h3-20H,1-2H3. The Morgan fingerprint density at radius 2 is 1.19 bits per heavy atom. The van der Waals surface area contributed by atoms with Crippen LogP contribution in [0.15, 0.2) is 110 Å². The minimum atomic E-state index is 0.719. The third-order valence-corrected chi connectivity index (χ3v) is 8.47. The lowest BCUT2D eigenvalue weighted by Crippen LogP contribution is -1.96. The fraction of sp³-hybridized carbons (Fsp3) is 0.0556. The first-order chi connectivity index (χ1) is 21.2. The van der Waals surface area contributed by atoms with Gasteiger partial charge in [-0.3, -0.25) is 13.8 Å². The zero-order valence-electron chi connectivity index (χ0n) is 23.5. The molecule has 5 heterocycles. The molecule has 7 heteroatoms. The molecule has 0 aliphatic rings. The summed E-state index contributed by atoms with van der Waals surface area (Å²) in [5.41, 5.74) is 9.45. The first-order valence-electron chi connectivity index (χ1n) is 14.2. The van der Waals surface area contributed by atoms with E-state index in [-0.39, 0.29) is 0 Å². The SMILES string of the molecule is Cc1cccc(C)c1-c1cccc2c1c1ccc(Oc3ccc4c(c3)c3nccn3c3nccnc43)cc1c1nccn21. The van der Waals surface area contributed by atoms with Crippen LogP contribution < -0.4 is 4.74 Å². The quantitative estimate of drug-likeness (QED) is 0.204. The van der Waals surface area contributed by atoms with Crippen LogP contribution in [-0.2, 0) is 0 Å². The van der Waals surface area contributed by atoms with E-state index in [0.717, 1.165) is 61.0 Å². The molecular weight excluding hydrogens is 532 g/mol. The fourth-order valence-electron chi connectivity index (χ4n) is 6.64. The number of benzene rings is 4. The van der Waals surface area contributed by atoms with Crippen molar-refractivity contribution in [3.05, 3.63) is 121 Å². The number of nitrogens with zero attached hydrogens (tertiary/aromatic N) is 6. The zero-order chi connectivity index (χ0) is 28.7. The van der Waals surface area contributed by atoms with Crippen LogP contribution in [0.3, 0.4) is 0 Å². The fourth-order valence-corrected chi connectivity index (χ4v) is 6.64. The number of pyridine rings is 2. The van der Waals surface area contributed by atoms with E-state index in [2.05, 4.69) is 81.7 Å². The van der Waals surface area contributed by atoms with Gasteiger partial charge in [-0.1, -0.05) is 30.3 Å². The summed E-state index contributed by atoms with van der Waals surface area (Å²) in [6.07, 6.45) is 11.0. The summed E-state index contributed by atoms with van der Waals surface area (Å²) in [6.45, 7) is 4.36. The van der Waals surface area contributed by atoms with Crippen molar-refractivity contribution in [2.24, 2.45) is 0 Å². The van der Waals surface area contributed by atoms with Gasteiger partial charge < -0.3 is 4.74 Å². The summed E-state index contributed by atoms with van der Waals surface area (Å²) in [4.78, 5) is 18.5. The summed E-state index contributed by atoms with van der Waals surface area (Å²) >= 11 is 0. The highest BCUT2D eigenvalue weighted by Crippen LogP contribution is 2.40. The molecule has 0 spiro atoms. The molecule has 0 atom stereocenters. The number of aromatic nitrogens is 6. The predicted molar refractivity (Wildman–Crippen MR) is 171 cm³/mol. The highest BCUT2D eigenvalue weighted by Gasteiger charge is 2.17. The molecule has 5 aromatic heterocycles. The van der Waals surface area contributed by atoms with Gasteiger partial charge in [-0.05, 0) is 84.0 Å². The molecule has 0 unspecified atom stereocenters. The van der Waals surface area contributed by atoms with Crippen LogP contribution in [0, 0.1) is 13.8 Å². The molecule has 204 valence electrons. The predicted octanol–water partition coefficient (Wildman–Crippen LogP) is 8.46. The highest BCUT2D eigenvalue weighted by atomic mass is 16.5. The van der Waals surface area contributed by atoms with Gasteiger partial charge in [0.2, 0.25) is 0 Å². The number of ether oxygens (including phenoxy) is 1. The Hall–Kier alpha value is -5.82. The minimum Gasteiger partial charge on any atom is -0.457 e. The lowest BCUT2D eigenvalue weighted by molar-refractivity contribution is 0.484. The first-order valence-corrected chi connectivity index (χ1v) is 14.2. The molecule has 9 aromatic rings. The molecule has 0 fully saturated rings. The van der Waals surface area contributed by atoms with Crippen LogP contribution >= 0.6 is 0 Å². The van der Waals surface area contributed by atoms with Crippen LogP contribution in [0.2, 0.25) is 0 Å². The van der Waals surface area contributed by atoms with Gasteiger partial charge in [-0.2, -0.15) is 0 Å². The zero-order valence-corrected chi connectivity index (χ0v) is 23.5. The summed E-state index contributed by atoms with van der Waals surface area (Å²) in [5.74, 6) is 1.46. The molecule has 0 saturated heterocycles. The monoisotopic (exact) mass is 556 g/mol. The van der Waals surface area contributed by atoms with Crippen molar-refractivity contribution in [2.75, 3.05) is 0 Å². The maximum atomic E-state index is 6.51. The summed E-state index contributed by atoms with van der Waals surface area (Å²) in [6, 6.07) is 25.4. The Labute approximate surface area is 245 Å². The largest absolute Gasteiger partial charge is 0.457 e. The second kappa shape index (κ2) is 8.84.